The van der Waals surface area contributed by atoms with Crippen LogP contribution in [0.2, 0.25) is 0 Å². The van der Waals surface area contributed by atoms with Gasteiger partial charge in [-0.2, -0.15) is 13.2 Å². The third-order valence-electron chi connectivity index (χ3n) is 3.73. The highest BCUT2D eigenvalue weighted by molar-refractivity contribution is 9.10. The van der Waals surface area contributed by atoms with Crippen molar-refractivity contribution < 1.29 is 31.9 Å². The molecule has 2 aromatic rings. The maximum absolute atomic E-state index is 14.0. The fraction of sp³-hybridized carbons (Fsp3) is 0.294. The van der Waals surface area contributed by atoms with E-state index in [2.05, 4.69) is 26.2 Å². The van der Waals surface area contributed by atoms with E-state index in [9.17, 15) is 26.7 Å². The first-order valence-corrected chi connectivity index (χ1v) is 8.44. The van der Waals surface area contributed by atoms with E-state index >= 15 is 0 Å². The minimum Gasteiger partial charge on any atom is -0.384 e. The van der Waals surface area contributed by atoms with Crippen LogP contribution >= 0.6 is 15.9 Å². The Morgan fingerprint density at radius 3 is 2.52 bits per heavy atom. The average molecular weight is 453 g/mol. The first kappa shape index (κ1) is 21.2. The number of halogens is 6. The second kappa shape index (κ2) is 8.75. The van der Waals surface area contributed by atoms with Crippen molar-refractivity contribution in [3.8, 4) is 0 Å². The molecule has 1 heterocycles. The Balaban J connectivity index is 2.21. The molecule has 0 aliphatic rings. The number of aliphatic hydroxyl groups is 1. The largest absolute Gasteiger partial charge is 0.414 e. The Morgan fingerprint density at radius 1 is 1.26 bits per heavy atom. The first-order valence-electron chi connectivity index (χ1n) is 7.65. The number of nitrogens with zero attached hydrogens (tertiary/aromatic N) is 1. The van der Waals surface area contributed by atoms with Gasteiger partial charge in [-0.25, -0.2) is 9.37 Å². The number of pyridine rings is 1. The van der Waals surface area contributed by atoms with Crippen LogP contribution in [0.5, 0.6) is 0 Å². The molecule has 4 nitrogen and oxygen atoms in total. The van der Waals surface area contributed by atoms with Gasteiger partial charge in [-0.15, -0.1) is 0 Å². The maximum Gasteiger partial charge on any atom is 0.414 e. The molecule has 0 saturated carbocycles. The van der Waals surface area contributed by atoms with Crippen LogP contribution in [0.1, 0.15) is 28.4 Å². The van der Waals surface area contributed by atoms with E-state index < -0.39 is 43.0 Å². The lowest BCUT2D eigenvalue weighted by atomic mass is 9.93. The normalized spacial score (nSPS) is 13.9. The number of anilines is 1. The lowest BCUT2D eigenvalue weighted by Gasteiger charge is -2.21. The minimum atomic E-state index is -4.94. The third-order valence-corrected chi connectivity index (χ3v) is 4.19. The molecule has 0 radical (unpaired) electrons. The van der Waals surface area contributed by atoms with Gasteiger partial charge in [0.1, 0.15) is 11.5 Å². The average Bonchev–Trinajstić information content (AvgIpc) is 2.61. The number of carbonyl (C=O) groups is 1. The number of hydrogen-bond acceptors (Lipinski definition) is 3. The van der Waals surface area contributed by atoms with Crippen LogP contribution in [0.15, 0.2) is 41.0 Å². The molecule has 1 aromatic heterocycles. The number of amides is 1. The number of aliphatic hydroxyl groups excluding tert-OH is 1. The zero-order chi connectivity index (χ0) is 20.2. The van der Waals surface area contributed by atoms with E-state index in [1.54, 1.807) is 6.07 Å². The van der Waals surface area contributed by atoms with Gasteiger partial charge in [0.25, 0.3) is 5.91 Å². The Bertz CT molecular complexity index is 799. The molecule has 0 aliphatic heterocycles. The first-order chi connectivity index (χ1) is 12.6. The highest BCUT2D eigenvalue weighted by Gasteiger charge is 2.40. The van der Waals surface area contributed by atoms with Crippen molar-refractivity contribution in [1.29, 1.82) is 0 Å². The molecule has 1 amide bonds. The molecular weight excluding hydrogens is 439 g/mol. The van der Waals surface area contributed by atoms with Gasteiger partial charge in [-0.3, -0.25) is 9.18 Å². The summed E-state index contributed by atoms with van der Waals surface area (Å²) in [7, 11) is 0. The molecule has 0 fully saturated rings. The van der Waals surface area contributed by atoms with Crippen LogP contribution in [0.4, 0.5) is 27.6 Å². The summed E-state index contributed by atoms with van der Waals surface area (Å²) in [4.78, 5) is 16.0. The van der Waals surface area contributed by atoms with Gasteiger partial charge in [0.2, 0.25) is 0 Å². The number of alkyl halides is 4. The predicted molar refractivity (Wildman–Crippen MR) is 91.7 cm³/mol. The van der Waals surface area contributed by atoms with Crippen molar-refractivity contribution in [3.63, 3.8) is 0 Å². The van der Waals surface area contributed by atoms with Gasteiger partial charge in [0.15, 0.2) is 6.10 Å². The van der Waals surface area contributed by atoms with E-state index in [0.717, 1.165) is 12.1 Å². The van der Waals surface area contributed by atoms with E-state index in [1.807, 2.05) is 0 Å². The van der Waals surface area contributed by atoms with Gasteiger partial charge in [-0.05, 0) is 58.2 Å². The summed E-state index contributed by atoms with van der Waals surface area (Å²) >= 11 is 3.16. The Hall–Kier alpha value is -2.07. The van der Waals surface area contributed by atoms with E-state index in [0.29, 0.717) is 4.47 Å². The Morgan fingerprint density at radius 2 is 1.96 bits per heavy atom. The van der Waals surface area contributed by atoms with E-state index in [1.165, 1.54) is 18.3 Å². The molecule has 27 heavy (non-hydrogen) atoms. The summed E-state index contributed by atoms with van der Waals surface area (Å²) in [6, 6.07) is 6.14. The topological polar surface area (TPSA) is 62.2 Å². The number of carbonyl (C=O) groups excluding carboxylic acids is 1. The zero-order valence-corrected chi connectivity index (χ0v) is 15.2. The number of benzene rings is 1. The lowest BCUT2D eigenvalue weighted by molar-refractivity contribution is -0.206. The Labute approximate surface area is 159 Å². The fourth-order valence-electron chi connectivity index (χ4n) is 2.32. The summed E-state index contributed by atoms with van der Waals surface area (Å²) in [6.07, 6.45) is -7.38. The van der Waals surface area contributed by atoms with Gasteiger partial charge in [0, 0.05) is 22.3 Å². The van der Waals surface area contributed by atoms with Crippen molar-refractivity contribution in [2.45, 2.75) is 24.6 Å². The molecular formula is C17H14BrF5N2O2. The zero-order valence-electron chi connectivity index (χ0n) is 13.6. The van der Waals surface area contributed by atoms with Gasteiger partial charge >= 0.3 is 6.18 Å². The third kappa shape index (κ3) is 5.70. The molecule has 10 heteroatoms. The molecule has 1 aromatic carbocycles. The highest BCUT2D eigenvalue weighted by atomic mass is 79.9. The molecule has 146 valence electrons. The van der Waals surface area contributed by atoms with Crippen molar-refractivity contribution >= 4 is 27.5 Å². The highest BCUT2D eigenvalue weighted by Crippen LogP contribution is 2.32. The molecule has 0 bridgehead atoms. The monoisotopic (exact) mass is 452 g/mol. The summed E-state index contributed by atoms with van der Waals surface area (Å²) in [6.45, 7) is -1.31. The summed E-state index contributed by atoms with van der Waals surface area (Å²) in [5.41, 5.74) is -0.262. The Kier molecular flexibility index (Phi) is 6.88. The fourth-order valence-corrected chi connectivity index (χ4v) is 2.55. The summed E-state index contributed by atoms with van der Waals surface area (Å²) in [5, 5.41) is 11.5. The van der Waals surface area contributed by atoms with Gasteiger partial charge < -0.3 is 10.4 Å². The van der Waals surface area contributed by atoms with Crippen LogP contribution in [0.3, 0.4) is 0 Å². The SMILES string of the molecule is O=C(Nc1ccc(F)c([C@H](CF)CC(O)C(F)(F)F)c1)c1ccc(Br)cn1. The molecule has 0 spiro atoms. The van der Waals surface area contributed by atoms with Gasteiger partial charge in [-0.1, -0.05) is 0 Å². The molecule has 2 atom stereocenters. The lowest BCUT2D eigenvalue weighted by Crippen LogP contribution is -2.30. The quantitative estimate of drug-likeness (QED) is 0.629. The number of nitrogens with one attached hydrogen (secondary N) is 1. The summed E-state index contributed by atoms with van der Waals surface area (Å²) < 4.78 is 65.4. The van der Waals surface area contributed by atoms with Crippen LogP contribution in [0.25, 0.3) is 0 Å². The second-order valence-electron chi connectivity index (χ2n) is 5.70. The smallest absolute Gasteiger partial charge is 0.384 e. The molecule has 2 rings (SSSR count). The van der Waals surface area contributed by atoms with Crippen molar-refractivity contribution in [2.75, 3.05) is 12.0 Å². The maximum atomic E-state index is 14.0. The summed E-state index contributed by atoms with van der Waals surface area (Å²) in [5.74, 6) is -3.09. The van der Waals surface area contributed by atoms with Crippen LogP contribution in [-0.4, -0.2) is 35.0 Å². The molecule has 0 aliphatic carbocycles. The van der Waals surface area contributed by atoms with Crippen molar-refractivity contribution in [1.82, 2.24) is 4.98 Å². The molecule has 1 unspecified atom stereocenters. The van der Waals surface area contributed by atoms with E-state index in [-0.39, 0.29) is 16.9 Å². The van der Waals surface area contributed by atoms with E-state index in [4.69, 9.17) is 5.11 Å². The van der Waals surface area contributed by atoms with Crippen molar-refractivity contribution in [3.05, 3.63) is 58.1 Å². The van der Waals surface area contributed by atoms with Crippen molar-refractivity contribution in [2.24, 2.45) is 0 Å². The number of aromatic nitrogens is 1. The van der Waals surface area contributed by atoms with Crippen LogP contribution in [0, 0.1) is 5.82 Å². The van der Waals surface area contributed by atoms with Crippen LogP contribution in [-0.2, 0) is 0 Å². The molecule has 2 N–H and O–H groups in total. The number of rotatable bonds is 6. The van der Waals surface area contributed by atoms with Gasteiger partial charge in [0.05, 0.1) is 6.67 Å². The minimum absolute atomic E-state index is 0.0543. The standard InChI is InChI=1S/C17H14BrF5N2O2/c18-10-1-4-14(24-8-10)16(27)25-11-2-3-13(20)12(6-11)9(7-19)5-15(26)17(21,22)23/h1-4,6,8-9,15,26H,5,7H2,(H,25,27)/t9-,15?/m0/s1. The predicted octanol–water partition coefficient (Wildman–Crippen LogP) is 4.60. The van der Waals surface area contributed by atoms with Crippen LogP contribution < -0.4 is 5.32 Å². The second-order valence-corrected chi connectivity index (χ2v) is 6.61. The molecule has 0 saturated heterocycles. The number of hydrogen-bond donors (Lipinski definition) is 2.